The third-order valence-corrected chi connectivity index (χ3v) is 9.20. The van der Waals surface area contributed by atoms with Crippen molar-refractivity contribution in [3.8, 4) is 0 Å². The fourth-order valence-electron chi connectivity index (χ4n) is 7.61. The summed E-state index contributed by atoms with van der Waals surface area (Å²) in [4.78, 5) is 34.7. The van der Waals surface area contributed by atoms with Crippen LogP contribution in [0.4, 0.5) is 0 Å². The van der Waals surface area contributed by atoms with Gasteiger partial charge in [0.15, 0.2) is 0 Å². The fraction of sp³-hybridized carbons (Fsp3) is 0.870. The second kappa shape index (κ2) is 7.14. The quantitative estimate of drug-likeness (QED) is 0.690. The summed E-state index contributed by atoms with van der Waals surface area (Å²) in [6.07, 6.45) is 8.67. The van der Waals surface area contributed by atoms with Crippen LogP contribution in [0.1, 0.15) is 84.5 Å². The smallest absolute Gasteiger partial charge is 0.306 e. The highest BCUT2D eigenvalue weighted by molar-refractivity contribution is 5.79. The van der Waals surface area contributed by atoms with Gasteiger partial charge in [0.05, 0.1) is 6.42 Å². The van der Waals surface area contributed by atoms with E-state index in [1.165, 1.54) is 6.42 Å². The summed E-state index contributed by atoms with van der Waals surface area (Å²) in [5, 5.41) is 10.6. The van der Waals surface area contributed by atoms with Crippen LogP contribution in [-0.2, 0) is 19.1 Å². The van der Waals surface area contributed by atoms with Crippen molar-refractivity contribution in [3.63, 3.8) is 0 Å². The number of carboxylic acid groups (broad SMARTS) is 1. The highest BCUT2D eigenvalue weighted by Crippen LogP contribution is 2.66. The van der Waals surface area contributed by atoms with E-state index in [0.717, 1.165) is 51.4 Å². The van der Waals surface area contributed by atoms with Crippen molar-refractivity contribution >= 4 is 17.7 Å². The number of hydrogen-bond acceptors (Lipinski definition) is 5. The minimum absolute atomic E-state index is 0.00594. The zero-order valence-corrected chi connectivity index (χ0v) is 17.2. The third kappa shape index (κ3) is 3.19. The largest absolute Gasteiger partial charge is 0.550 e. The number of carbonyl (C=O) groups is 3. The number of rotatable bonds is 4. The topological polar surface area (TPSA) is 83.5 Å². The minimum Gasteiger partial charge on any atom is -0.550 e. The maximum Gasteiger partial charge on any atom is 0.306 e. The molecule has 4 aliphatic rings. The molecule has 0 aromatic heterocycles. The van der Waals surface area contributed by atoms with E-state index in [9.17, 15) is 19.5 Å². The van der Waals surface area contributed by atoms with E-state index in [2.05, 4.69) is 13.8 Å². The predicted octanol–water partition coefficient (Wildman–Crippen LogP) is 3.04. The molecule has 0 unspecified atom stereocenters. The van der Waals surface area contributed by atoms with Crippen molar-refractivity contribution in [2.24, 2.45) is 34.5 Å². The zero-order valence-electron chi connectivity index (χ0n) is 17.2. The van der Waals surface area contributed by atoms with E-state index >= 15 is 0 Å². The minimum atomic E-state index is -1.20. The molecular weight excluding hydrogens is 356 g/mol. The maximum atomic E-state index is 12.1. The summed E-state index contributed by atoms with van der Waals surface area (Å²) in [6, 6.07) is 0. The van der Waals surface area contributed by atoms with Gasteiger partial charge in [-0.3, -0.25) is 9.59 Å². The lowest BCUT2D eigenvalue weighted by Gasteiger charge is -2.60. The van der Waals surface area contributed by atoms with Gasteiger partial charge in [0.1, 0.15) is 11.9 Å². The number of esters is 1. The molecule has 0 radical (unpaired) electrons. The number of aliphatic carboxylic acids is 1. The van der Waals surface area contributed by atoms with Gasteiger partial charge >= 0.3 is 5.97 Å². The molecule has 7 atom stereocenters. The molecule has 0 bridgehead atoms. The second-order valence-corrected chi connectivity index (χ2v) is 10.4. The molecule has 4 rings (SSSR count). The van der Waals surface area contributed by atoms with Crippen LogP contribution < -0.4 is 5.11 Å². The maximum absolute atomic E-state index is 12.1. The SMILES string of the molecule is C[C@@]12CCC(=O)C[C@@H]1CC[C@@H]1[C@H]2CC[C@]2(C)[C@@H](OC(=O)CCC(=O)[O-])CC[C@H]12. The summed E-state index contributed by atoms with van der Waals surface area (Å²) in [5.74, 6) is 1.32. The molecule has 5 heteroatoms. The Morgan fingerprint density at radius 2 is 1.75 bits per heavy atom. The van der Waals surface area contributed by atoms with E-state index < -0.39 is 11.9 Å². The fourth-order valence-corrected chi connectivity index (χ4v) is 7.61. The molecule has 4 fully saturated rings. The standard InChI is InChI=1S/C23H34O5/c1-22-11-9-15(24)13-14(22)3-4-16-17-5-6-19(23(17,2)12-10-18(16)22)28-21(27)8-7-20(25)26/h14,16-19H,3-13H2,1-2H3,(H,25,26)/p-1/t14-,16-,17+,18+,19-,22+,23-/m0/s1. The van der Waals surface area contributed by atoms with Gasteiger partial charge < -0.3 is 14.6 Å². The lowest BCUT2D eigenvalue weighted by molar-refractivity contribution is -0.305. The van der Waals surface area contributed by atoms with Gasteiger partial charge in [-0.2, -0.15) is 0 Å². The van der Waals surface area contributed by atoms with Gasteiger partial charge in [-0.25, -0.2) is 0 Å². The number of fused-ring (bicyclic) bond motifs is 5. The number of carboxylic acids is 1. The van der Waals surface area contributed by atoms with Crippen LogP contribution in [0.25, 0.3) is 0 Å². The summed E-state index contributed by atoms with van der Waals surface area (Å²) < 4.78 is 5.79. The van der Waals surface area contributed by atoms with Crippen LogP contribution in [0.15, 0.2) is 0 Å². The first-order valence-electron chi connectivity index (χ1n) is 11.1. The number of carbonyl (C=O) groups excluding carboxylic acids is 3. The number of Topliss-reactive ketones (excluding diaryl/α,β-unsaturated/α-hetero) is 1. The predicted molar refractivity (Wildman–Crippen MR) is 101 cm³/mol. The van der Waals surface area contributed by atoms with E-state index in [4.69, 9.17) is 4.74 Å². The molecule has 0 amide bonds. The Kier molecular flexibility index (Phi) is 5.08. The van der Waals surface area contributed by atoms with E-state index in [0.29, 0.717) is 34.9 Å². The van der Waals surface area contributed by atoms with E-state index in [1.54, 1.807) is 0 Å². The molecule has 0 aliphatic heterocycles. The van der Waals surface area contributed by atoms with Crippen molar-refractivity contribution in [2.75, 3.05) is 0 Å². The van der Waals surface area contributed by atoms with Crippen molar-refractivity contribution in [1.29, 1.82) is 0 Å². The van der Waals surface area contributed by atoms with Gasteiger partial charge in [-0.15, -0.1) is 0 Å². The van der Waals surface area contributed by atoms with Crippen LogP contribution in [0.5, 0.6) is 0 Å². The van der Waals surface area contributed by atoms with Gasteiger partial charge in [0.25, 0.3) is 0 Å². The van der Waals surface area contributed by atoms with E-state index in [1.807, 2.05) is 0 Å². The summed E-state index contributed by atoms with van der Waals surface area (Å²) in [7, 11) is 0. The van der Waals surface area contributed by atoms with Crippen LogP contribution in [0.2, 0.25) is 0 Å². The van der Waals surface area contributed by atoms with Crippen molar-refractivity contribution in [1.82, 2.24) is 0 Å². The molecule has 4 saturated carbocycles. The Morgan fingerprint density at radius 3 is 2.50 bits per heavy atom. The highest BCUT2D eigenvalue weighted by atomic mass is 16.5. The van der Waals surface area contributed by atoms with Gasteiger partial charge in [-0.05, 0) is 80.5 Å². The Hall–Kier alpha value is -1.39. The third-order valence-electron chi connectivity index (χ3n) is 9.20. The van der Waals surface area contributed by atoms with Gasteiger partial charge in [0, 0.05) is 24.2 Å². The molecule has 0 aromatic rings. The summed E-state index contributed by atoms with van der Waals surface area (Å²) in [6.45, 7) is 4.73. The van der Waals surface area contributed by atoms with Crippen LogP contribution in [0.3, 0.4) is 0 Å². The Labute approximate surface area is 167 Å². The molecule has 0 heterocycles. The van der Waals surface area contributed by atoms with Crippen molar-refractivity contribution < 1.29 is 24.2 Å². The normalized spacial score (nSPS) is 44.9. The summed E-state index contributed by atoms with van der Waals surface area (Å²) in [5.41, 5.74) is 0.299. The Morgan fingerprint density at radius 1 is 1.00 bits per heavy atom. The first-order chi connectivity index (χ1) is 13.2. The lowest BCUT2D eigenvalue weighted by atomic mass is 9.45. The van der Waals surface area contributed by atoms with E-state index in [-0.39, 0.29) is 24.4 Å². The summed E-state index contributed by atoms with van der Waals surface area (Å²) >= 11 is 0. The molecular formula is C23H33O5-. The molecule has 0 saturated heterocycles. The lowest BCUT2D eigenvalue weighted by Crippen LogP contribution is -2.54. The first kappa shape index (κ1) is 19.9. The molecule has 156 valence electrons. The molecule has 4 aliphatic carbocycles. The van der Waals surface area contributed by atoms with Gasteiger partial charge in [0.2, 0.25) is 0 Å². The molecule has 0 N–H and O–H groups in total. The Bertz CT molecular complexity index is 672. The van der Waals surface area contributed by atoms with Crippen molar-refractivity contribution in [2.45, 2.75) is 90.6 Å². The number of ketones is 1. The molecule has 28 heavy (non-hydrogen) atoms. The van der Waals surface area contributed by atoms with Crippen LogP contribution in [-0.4, -0.2) is 23.8 Å². The Balaban J connectivity index is 1.47. The second-order valence-electron chi connectivity index (χ2n) is 10.4. The van der Waals surface area contributed by atoms with Crippen molar-refractivity contribution in [3.05, 3.63) is 0 Å². The average molecular weight is 390 g/mol. The number of ether oxygens (including phenoxy) is 1. The van der Waals surface area contributed by atoms with Gasteiger partial charge in [-0.1, -0.05) is 13.8 Å². The molecule has 0 spiro atoms. The van der Waals surface area contributed by atoms with Crippen LogP contribution in [0, 0.1) is 34.5 Å². The highest BCUT2D eigenvalue weighted by Gasteiger charge is 2.61. The molecule has 5 nitrogen and oxygen atoms in total. The first-order valence-corrected chi connectivity index (χ1v) is 11.1. The zero-order chi connectivity index (χ0) is 20.1. The number of hydrogen-bond donors (Lipinski definition) is 0. The van der Waals surface area contributed by atoms with Crippen LogP contribution >= 0.6 is 0 Å². The molecule has 0 aromatic carbocycles. The average Bonchev–Trinajstić information content (AvgIpc) is 2.97. The monoisotopic (exact) mass is 389 g/mol.